The van der Waals surface area contributed by atoms with Gasteiger partial charge in [-0.2, -0.15) is 0 Å². The first-order valence-electron chi connectivity index (χ1n) is 10.7. The molecule has 0 aliphatic carbocycles. The summed E-state index contributed by atoms with van der Waals surface area (Å²) in [4.78, 5) is 57.5. The molecule has 0 saturated carbocycles. The largest absolute Gasteiger partial charge is 0.480 e. The number of fused-ring (bicyclic) bond motifs is 2. The molecule has 2 bridgehead atoms. The average Bonchev–Trinajstić information content (AvgIpc) is 2.71. The van der Waals surface area contributed by atoms with E-state index in [1.54, 1.807) is 0 Å². The van der Waals surface area contributed by atoms with Gasteiger partial charge in [-0.05, 0) is 12.1 Å². The van der Waals surface area contributed by atoms with E-state index in [1.807, 2.05) is 28.0 Å². The molecule has 1 aliphatic rings. The van der Waals surface area contributed by atoms with Gasteiger partial charge < -0.3 is 25.3 Å². The number of hydrogen-bond donors (Lipinski definition) is 3. The van der Waals surface area contributed by atoms with Gasteiger partial charge in [-0.15, -0.1) is 0 Å². The van der Waals surface area contributed by atoms with Gasteiger partial charge in [-0.3, -0.25) is 34.0 Å². The lowest BCUT2D eigenvalue weighted by Gasteiger charge is -2.27. The van der Waals surface area contributed by atoms with Gasteiger partial charge in [0.1, 0.15) is 13.1 Å². The van der Waals surface area contributed by atoms with Crippen LogP contribution in [-0.2, 0) is 32.3 Å². The van der Waals surface area contributed by atoms with Crippen molar-refractivity contribution in [3.8, 4) is 0 Å². The fourth-order valence-electron chi connectivity index (χ4n) is 3.40. The molecule has 12 nitrogen and oxygen atoms in total. The Balaban J connectivity index is 2.08. The van der Waals surface area contributed by atoms with Crippen LogP contribution >= 0.6 is 0 Å². The van der Waals surface area contributed by atoms with Crippen molar-refractivity contribution in [2.45, 2.75) is 13.1 Å². The van der Waals surface area contributed by atoms with E-state index in [2.05, 4.69) is 10.3 Å². The van der Waals surface area contributed by atoms with Crippen molar-refractivity contribution in [2.75, 3.05) is 66.5 Å². The first-order chi connectivity index (χ1) is 15.6. The van der Waals surface area contributed by atoms with Crippen LogP contribution in [0.25, 0.3) is 0 Å². The molecule has 182 valence electrons. The van der Waals surface area contributed by atoms with E-state index in [1.165, 1.54) is 23.9 Å². The molecular formula is C21H32N6O6. The van der Waals surface area contributed by atoms with E-state index < -0.39 is 11.9 Å². The van der Waals surface area contributed by atoms with Gasteiger partial charge in [-0.1, -0.05) is 6.07 Å². The highest BCUT2D eigenvalue weighted by Crippen LogP contribution is 2.08. The lowest BCUT2D eigenvalue weighted by molar-refractivity contribution is -0.144. The summed E-state index contributed by atoms with van der Waals surface area (Å²) >= 11 is 0. The maximum atomic E-state index is 12.4. The highest BCUT2D eigenvalue weighted by molar-refractivity contribution is 5.83. The topological polar surface area (TPSA) is 147 Å². The monoisotopic (exact) mass is 464 g/mol. The van der Waals surface area contributed by atoms with E-state index in [4.69, 9.17) is 10.2 Å². The van der Waals surface area contributed by atoms with Gasteiger partial charge in [0.2, 0.25) is 11.8 Å². The Labute approximate surface area is 192 Å². The minimum Gasteiger partial charge on any atom is -0.480 e. The molecule has 0 aromatic carbocycles. The summed E-state index contributed by atoms with van der Waals surface area (Å²) in [5, 5.41) is 21.1. The van der Waals surface area contributed by atoms with Gasteiger partial charge in [0.15, 0.2) is 0 Å². The predicted molar refractivity (Wildman–Crippen MR) is 118 cm³/mol. The minimum absolute atomic E-state index is 0.0773. The van der Waals surface area contributed by atoms with Gasteiger partial charge in [0.25, 0.3) is 0 Å². The number of rotatable bonds is 8. The molecular weight excluding hydrogens is 432 g/mol. The Hall–Kier alpha value is -3.09. The average molecular weight is 465 g/mol. The number of amides is 2. The number of carbonyl (C=O) groups is 4. The lowest BCUT2D eigenvalue weighted by atomic mass is 10.2. The molecule has 2 amide bonds. The summed E-state index contributed by atoms with van der Waals surface area (Å²) in [5.74, 6) is -2.69. The maximum absolute atomic E-state index is 12.4. The Kier molecular flexibility index (Phi) is 10.2. The Morgan fingerprint density at radius 2 is 1.30 bits per heavy atom. The summed E-state index contributed by atoms with van der Waals surface area (Å²) in [7, 11) is 2.93. The number of nitrogens with one attached hydrogen (secondary N) is 1. The maximum Gasteiger partial charge on any atom is 0.323 e. The molecule has 0 spiro atoms. The van der Waals surface area contributed by atoms with Crippen molar-refractivity contribution >= 4 is 23.8 Å². The zero-order valence-corrected chi connectivity index (χ0v) is 19.1. The van der Waals surface area contributed by atoms with Crippen molar-refractivity contribution in [2.24, 2.45) is 0 Å². The predicted octanol–water partition coefficient (Wildman–Crippen LogP) is -1.63. The summed E-state index contributed by atoms with van der Waals surface area (Å²) < 4.78 is 0. The highest BCUT2D eigenvalue weighted by Gasteiger charge is 2.20. The molecule has 0 atom stereocenters. The van der Waals surface area contributed by atoms with Crippen LogP contribution in [0.15, 0.2) is 18.2 Å². The van der Waals surface area contributed by atoms with Gasteiger partial charge >= 0.3 is 11.9 Å². The molecule has 2 heterocycles. The molecule has 2 rings (SSSR count). The molecule has 1 aromatic heterocycles. The van der Waals surface area contributed by atoms with Gasteiger partial charge in [-0.25, -0.2) is 0 Å². The second-order valence-electron chi connectivity index (χ2n) is 8.08. The second kappa shape index (κ2) is 12.8. The fraction of sp³-hybridized carbons (Fsp3) is 0.571. The molecule has 33 heavy (non-hydrogen) atoms. The lowest BCUT2D eigenvalue weighted by Crippen LogP contribution is -2.44. The number of carbonyl (C=O) groups excluding carboxylic acids is 2. The van der Waals surface area contributed by atoms with Crippen molar-refractivity contribution in [3.05, 3.63) is 29.6 Å². The zero-order chi connectivity index (χ0) is 24.4. The molecule has 12 heteroatoms. The number of aromatic nitrogens is 1. The van der Waals surface area contributed by atoms with Crippen LogP contribution in [0.1, 0.15) is 11.4 Å². The van der Waals surface area contributed by atoms with E-state index in [-0.39, 0.29) is 38.0 Å². The molecule has 0 radical (unpaired) electrons. The van der Waals surface area contributed by atoms with E-state index >= 15 is 0 Å². The molecule has 1 aromatic rings. The fourth-order valence-corrected chi connectivity index (χ4v) is 3.40. The quantitative estimate of drug-likeness (QED) is 0.410. The molecule has 3 N–H and O–H groups in total. The van der Waals surface area contributed by atoms with E-state index in [0.717, 1.165) is 11.4 Å². The summed E-state index contributed by atoms with van der Waals surface area (Å²) in [6.07, 6.45) is 0. The van der Waals surface area contributed by atoms with Crippen molar-refractivity contribution in [1.82, 2.24) is 29.9 Å². The number of carboxylic acid groups (broad SMARTS) is 2. The van der Waals surface area contributed by atoms with Crippen LogP contribution in [0.2, 0.25) is 0 Å². The van der Waals surface area contributed by atoms with Crippen LogP contribution in [0.4, 0.5) is 0 Å². The number of hydrogen-bond acceptors (Lipinski definition) is 8. The van der Waals surface area contributed by atoms with Crippen molar-refractivity contribution in [3.63, 3.8) is 0 Å². The van der Waals surface area contributed by atoms with Crippen LogP contribution in [0.3, 0.4) is 0 Å². The first kappa shape index (κ1) is 26.2. The zero-order valence-electron chi connectivity index (χ0n) is 19.1. The van der Waals surface area contributed by atoms with Crippen LogP contribution in [-0.4, -0.2) is 125 Å². The number of nitrogens with zero attached hydrogens (tertiary/aromatic N) is 5. The molecule has 0 fully saturated rings. The number of likely N-dealkylation sites (N-methyl/N-ethyl adjacent to an activating group) is 2. The Morgan fingerprint density at radius 1 is 0.879 bits per heavy atom. The van der Waals surface area contributed by atoms with Crippen molar-refractivity contribution < 1.29 is 29.4 Å². The molecule has 0 unspecified atom stereocenters. The SMILES string of the molecule is CN(CC(=O)O)C(=O)CN1CCNCCN(CC(=O)N(C)CC(=O)O)Cc2cccc(n2)C1. The minimum atomic E-state index is -1.06. The number of aliphatic carboxylic acids is 2. The Morgan fingerprint density at radius 3 is 1.70 bits per heavy atom. The highest BCUT2D eigenvalue weighted by atomic mass is 16.4. The smallest absolute Gasteiger partial charge is 0.323 e. The molecule has 1 aliphatic heterocycles. The van der Waals surface area contributed by atoms with E-state index in [0.29, 0.717) is 39.3 Å². The third kappa shape index (κ3) is 9.51. The van der Waals surface area contributed by atoms with Gasteiger partial charge in [0.05, 0.1) is 24.5 Å². The van der Waals surface area contributed by atoms with Gasteiger partial charge in [0, 0.05) is 53.4 Å². The second-order valence-corrected chi connectivity index (χ2v) is 8.08. The normalized spacial score (nSPS) is 15.7. The summed E-state index contributed by atoms with van der Waals surface area (Å²) in [6.45, 7) is 2.58. The third-order valence-corrected chi connectivity index (χ3v) is 5.16. The first-order valence-corrected chi connectivity index (χ1v) is 10.7. The van der Waals surface area contributed by atoms with Crippen LogP contribution < -0.4 is 5.32 Å². The van der Waals surface area contributed by atoms with Crippen molar-refractivity contribution in [1.29, 1.82) is 0 Å². The number of carboxylic acids is 2. The number of pyridine rings is 1. The van der Waals surface area contributed by atoms with Crippen LogP contribution in [0.5, 0.6) is 0 Å². The van der Waals surface area contributed by atoms with Crippen LogP contribution in [0, 0.1) is 0 Å². The summed E-state index contributed by atoms with van der Waals surface area (Å²) in [6, 6.07) is 5.59. The summed E-state index contributed by atoms with van der Waals surface area (Å²) in [5.41, 5.74) is 1.52. The molecule has 0 saturated heterocycles. The van der Waals surface area contributed by atoms with E-state index in [9.17, 15) is 19.2 Å². The Bertz CT molecular complexity index is 787. The third-order valence-electron chi connectivity index (χ3n) is 5.16. The standard InChI is InChI=1S/C21H32N6O6/c1-24(14-20(30)31)18(28)12-26-8-6-22-7-9-27(13-19(29)25(2)15-21(32)33)11-17-5-3-4-16(10-26)23-17/h3-5,22H,6-15H2,1-2H3,(H,30,31)(H,32,33).